The van der Waals surface area contributed by atoms with Gasteiger partial charge in [-0.05, 0) is 49.1 Å². The van der Waals surface area contributed by atoms with Crippen molar-refractivity contribution in [2.45, 2.75) is 50.9 Å². The van der Waals surface area contributed by atoms with Crippen LogP contribution in [0.4, 0.5) is 0 Å². The van der Waals surface area contributed by atoms with Crippen molar-refractivity contribution in [2.24, 2.45) is 0 Å². The highest BCUT2D eigenvalue weighted by molar-refractivity contribution is 6.35. The summed E-state index contributed by atoms with van der Waals surface area (Å²) in [4.78, 5) is 4.13. The Bertz CT molecular complexity index is 962. The minimum atomic E-state index is -0.313. The average molecular weight is 496 g/mol. The topological polar surface area (TPSA) is 45.5 Å². The molecule has 1 fully saturated rings. The summed E-state index contributed by atoms with van der Waals surface area (Å²) in [7, 11) is 0. The Labute approximate surface area is 203 Å². The van der Waals surface area contributed by atoms with Crippen molar-refractivity contribution >= 4 is 34.8 Å². The van der Waals surface area contributed by atoms with E-state index in [0.717, 1.165) is 30.4 Å². The molecule has 0 radical (unpaired) electrons. The highest BCUT2D eigenvalue weighted by atomic mass is 35.5. The van der Waals surface area contributed by atoms with E-state index in [1.807, 2.05) is 53.2 Å². The van der Waals surface area contributed by atoms with Gasteiger partial charge in [-0.3, -0.25) is 0 Å². The third kappa shape index (κ3) is 6.47. The quantitative estimate of drug-likeness (QED) is 0.331. The fourth-order valence-electron chi connectivity index (χ4n) is 3.70. The minimum Gasteiger partial charge on any atom is -0.369 e. The zero-order valence-corrected chi connectivity index (χ0v) is 19.8. The predicted molar refractivity (Wildman–Crippen MR) is 126 cm³/mol. The van der Waals surface area contributed by atoms with E-state index in [1.54, 1.807) is 12.5 Å². The van der Waals surface area contributed by atoms with Crippen LogP contribution in [0.2, 0.25) is 15.1 Å². The van der Waals surface area contributed by atoms with Crippen LogP contribution >= 0.6 is 34.8 Å². The van der Waals surface area contributed by atoms with Crippen molar-refractivity contribution in [3.05, 3.63) is 87.4 Å². The van der Waals surface area contributed by atoms with Gasteiger partial charge in [-0.15, -0.1) is 0 Å². The Hall–Kier alpha value is -1.60. The fraction of sp³-hybridized carbons (Fsp3) is 0.375. The number of ether oxygens (including phenoxy) is 3. The van der Waals surface area contributed by atoms with E-state index in [9.17, 15) is 0 Å². The molecule has 3 atom stereocenters. The Morgan fingerprint density at radius 1 is 1.06 bits per heavy atom. The van der Waals surface area contributed by atoms with Gasteiger partial charge in [0.15, 0.2) is 6.29 Å². The molecule has 3 aromatic rings. The van der Waals surface area contributed by atoms with E-state index in [1.165, 1.54) is 0 Å². The van der Waals surface area contributed by atoms with Gasteiger partial charge in [0.2, 0.25) is 0 Å². The molecule has 1 aromatic heterocycles. The predicted octanol–water partition coefficient (Wildman–Crippen LogP) is 6.71. The average Bonchev–Trinajstić information content (AvgIpc) is 3.30. The fourth-order valence-corrected chi connectivity index (χ4v) is 4.33. The SMILES string of the molecule is Clc1ccc(C(Cn2ccnc2)OC[C@H]2CCC[C@H](OCc3c(Cl)cccc3Cl)O2)cc1. The maximum atomic E-state index is 6.32. The molecule has 0 amide bonds. The number of rotatable bonds is 9. The van der Waals surface area contributed by atoms with Crippen molar-refractivity contribution in [3.8, 4) is 0 Å². The zero-order valence-electron chi connectivity index (χ0n) is 17.5. The lowest BCUT2D eigenvalue weighted by Crippen LogP contribution is -2.33. The molecule has 170 valence electrons. The molecule has 1 unspecified atom stereocenters. The third-order valence-electron chi connectivity index (χ3n) is 5.45. The highest BCUT2D eigenvalue weighted by Gasteiger charge is 2.25. The molecule has 0 N–H and O–H groups in total. The maximum Gasteiger partial charge on any atom is 0.158 e. The molecule has 8 heteroatoms. The normalized spacial score (nSPS) is 19.7. The first kappa shape index (κ1) is 23.6. The van der Waals surface area contributed by atoms with Crippen LogP contribution in [-0.2, 0) is 27.4 Å². The van der Waals surface area contributed by atoms with Gasteiger partial charge in [0.05, 0.1) is 32.2 Å². The zero-order chi connectivity index (χ0) is 22.3. The van der Waals surface area contributed by atoms with E-state index in [4.69, 9.17) is 49.0 Å². The van der Waals surface area contributed by atoms with E-state index in [0.29, 0.717) is 34.8 Å². The second-order valence-corrected chi connectivity index (χ2v) is 9.01. The first-order chi connectivity index (χ1) is 15.6. The largest absolute Gasteiger partial charge is 0.369 e. The van der Waals surface area contributed by atoms with Gasteiger partial charge in [0.25, 0.3) is 0 Å². The lowest BCUT2D eigenvalue weighted by atomic mass is 10.1. The third-order valence-corrected chi connectivity index (χ3v) is 6.41. The molecule has 0 bridgehead atoms. The van der Waals surface area contributed by atoms with E-state index >= 15 is 0 Å². The summed E-state index contributed by atoms with van der Waals surface area (Å²) in [5.74, 6) is 0. The van der Waals surface area contributed by atoms with Crippen molar-refractivity contribution in [1.29, 1.82) is 0 Å². The van der Waals surface area contributed by atoms with Gasteiger partial charge in [-0.2, -0.15) is 0 Å². The van der Waals surface area contributed by atoms with Crippen molar-refractivity contribution in [1.82, 2.24) is 9.55 Å². The standard InChI is InChI=1S/C24H25Cl3N2O3/c25-18-9-7-17(8-10-18)23(13-29-12-11-28-16-29)30-14-19-3-1-6-24(32-19)31-15-20-21(26)4-2-5-22(20)27/h2,4-5,7-12,16,19,23-24H,1,3,6,13-15H2/t19-,23?,24-/m1/s1. The molecule has 1 saturated heterocycles. The number of hydrogen-bond acceptors (Lipinski definition) is 4. The first-order valence-corrected chi connectivity index (χ1v) is 11.7. The molecular weight excluding hydrogens is 471 g/mol. The summed E-state index contributed by atoms with van der Waals surface area (Å²) in [6.45, 7) is 1.43. The van der Waals surface area contributed by atoms with Crippen LogP contribution in [0.25, 0.3) is 0 Å². The van der Waals surface area contributed by atoms with E-state index in [-0.39, 0.29) is 18.5 Å². The van der Waals surface area contributed by atoms with Crippen molar-refractivity contribution in [3.63, 3.8) is 0 Å². The van der Waals surface area contributed by atoms with Gasteiger partial charge in [-0.1, -0.05) is 53.0 Å². The summed E-state index contributed by atoms with van der Waals surface area (Å²) in [6, 6.07) is 13.2. The monoisotopic (exact) mass is 494 g/mol. The molecule has 5 nitrogen and oxygen atoms in total. The summed E-state index contributed by atoms with van der Waals surface area (Å²) in [5, 5.41) is 1.89. The van der Waals surface area contributed by atoms with E-state index < -0.39 is 0 Å². The molecule has 1 aliphatic rings. The van der Waals surface area contributed by atoms with Gasteiger partial charge in [0, 0.05) is 33.0 Å². The molecular formula is C24H25Cl3N2O3. The van der Waals surface area contributed by atoms with Crippen LogP contribution in [0, 0.1) is 0 Å². The van der Waals surface area contributed by atoms with Gasteiger partial charge in [0.1, 0.15) is 6.10 Å². The molecule has 1 aliphatic heterocycles. The Morgan fingerprint density at radius 3 is 2.56 bits per heavy atom. The molecule has 4 rings (SSSR count). The second-order valence-electron chi connectivity index (χ2n) is 7.76. The van der Waals surface area contributed by atoms with Gasteiger partial charge < -0.3 is 18.8 Å². The van der Waals surface area contributed by atoms with E-state index in [2.05, 4.69) is 4.98 Å². The summed E-state index contributed by atoms with van der Waals surface area (Å²) >= 11 is 18.6. The van der Waals surface area contributed by atoms with Gasteiger partial charge in [-0.25, -0.2) is 4.98 Å². The van der Waals surface area contributed by atoms with Crippen LogP contribution in [0.15, 0.2) is 61.2 Å². The first-order valence-electron chi connectivity index (χ1n) is 10.6. The summed E-state index contributed by atoms with van der Waals surface area (Å²) in [5.41, 5.74) is 1.83. The number of hydrogen-bond donors (Lipinski definition) is 0. The lowest BCUT2D eigenvalue weighted by Gasteiger charge is -2.31. The van der Waals surface area contributed by atoms with Crippen LogP contribution in [0.5, 0.6) is 0 Å². The Morgan fingerprint density at radius 2 is 1.84 bits per heavy atom. The van der Waals surface area contributed by atoms with Crippen molar-refractivity contribution < 1.29 is 14.2 Å². The Balaban J connectivity index is 1.34. The molecule has 2 aromatic carbocycles. The minimum absolute atomic E-state index is 0.0481. The number of aromatic nitrogens is 2. The van der Waals surface area contributed by atoms with Crippen LogP contribution in [0.3, 0.4) is 0 Å². The van der Waals surface area contributed by atoms with Crippen LogP contribution < -0.4 is 0 Å². The molecule has 32 heavy (non-hydrogen) atoms. The molecule has 0 saturated carbocycles. The van der Waals surface area contributed by atoms with Crippen molar-refractivity contribution in [2.75, 3.05) is 6.61 Å². The maximum absolute atomic E-state index is 6.32. The van der Waals surface area contributed by atoms with Crippen LogP contribution in [0.1, 0.15) is 36.5 Å². The van der Waals surface area contributed by atoms with Crippen LogP contribution in [-0.4, -0.2) is 28.6 Å². The van der Waals surface area contributed by atoms with Gasteiger partial charge >= 0.3 is 0 Å². The molecule has 0 spiro atoms. The molecule has 2 heterocycles. The highest BCUT2D eigenvalue weighted by Crippen LogP contribution is 2.28. The lowest BCUT2D eigenvalue weighted by molar-refractivity contribution is -0.213. The molecule has 0 aliphatic carbocycles. The smallest absolute Gasteiger partial charge is 0.158 e. The number of benzene rings is 2. The summed E-state index contributed by atoms with van der Waals surface area (Å²) in [6.07, 6.45) is 7.71. The summed E-state index contributed by atoms with van der Waals surface area (Å²) < 4.78 is 20.4. The number of nitrogens with zero attached hydrogens (tertiary/aromatic N) is 2. The number of halogens is 3. The second kappa shape index (κ2) is 11.5. The number of imidazole rings is 1. The Kier molecular flexibility index (Phi) is 8.47.